The highest BCUT2D eigenvalue weighted by molar-refractivity contribution is 9.10. The van der Waals surface area contributed by atoms with E-state index in [1.54, 1.807) is 36.4 Å². The van der Waals surface area contributed by atoms with E-state index < -0.39 is 0 Å². The maximum atomic E-state index is 13.1. The summed E-state index contributed by atoms with van der Waals surface area (Å²) < 4.78 is 6.00. The second kappa shape index (κ2) is 10.0. The van der Waals surface area contributed by atoms with Crippen LogP contribution in [0.2, 0.25) is 5.02 Å². The van der Waals surface area contributed by atoms with Crippen molar-refractivity contribution in [2.75, 3.05) is 7.11 Å². The minimum Gasteiger partial charge on any atom is -0.504 e. The van der Waals surface area contributed by atoms with Gasteiger partial charge in [-0.3, -0.25) is 4.79 Å². The van der Waals surface area contributed by atoms with Crippen molar-refractivity contribution in [3.63, 3.8) is 0 Å². The zero-order valence-corrected chi connectivity index (χ0v) is 18.7. The van der Waals surface area contributed by atoms with Gasteiger partial charge in [0.2, 0.25) is 0 Å². The number of phenols is 1. The van der Waals surface area contributed by atoms with E-state index in [1.165, 1.54) is 18.9 Å². The first-order valence-electron chi connectivity index (χ1n) is 8.72. The van der Waals surface area contributed by atoms with Crippen LogP contribution in [0.1, 0.15) is 21.5 Å². The molecule has 0 fully saturated rings. The number of rotatable bonds is 7. The van der Waals surface area contributed by atoms with Crippen molar-refractivity contribution in [1.82, 2.24) is 0 Å². The Balaban J connectivity index is 1.91. The molecule has 0 spiro atoms. The number of allylic oxidation sites excluding steroid dienone is 1. The molecule has 0 aliphatic carbocycles. The van der Waals surface area contributed by atoms with Crippen LogP contribution in [0.4, 0.5) is 0 Å². The van der Waals surface area contributed by atoms with Gasteiger partial charge in [0.25, 0.3) is 0 Å². The third-order valence-electron chi connectivity index (χ3n) is 4.14. The van der Waals surface area contributed by atoms with Gasteiger partial charge in [-0.15, -0.1) is 11.8 Å². The number of hydrogen-bond donors (Lipinski definition) is 1. The Bertz CT molecular complexity index is 1030. The lowest BCUT2D eigenvalue weighted by Crippen LogP contribution is -2.01. The summed E-state index contributed by atoms with van der Waals surface area (Å²) in [6, 6.07) is 19.9. The topological polar surface area (TPSA) is 46.5 Å². The summed E-state index contributed by atoms with van der Waals surface area (Å²) in [6.07, 6.45) is 1.78. The first kappa shape index (κ1) is 21.5. The number of carbonyl (C=O) groups excluding carboxylic acids is 1. The Morgan fingerprint density at radius 1 is 1.10 bits per heavy atom. The molecule has 0 atom stereocenters. The summed E-state index contributed by atoms with van der Waals surface area (Å²) in [7, 11) is 1.50. The van der Waals surface area contributed by atoms with Crippen molar-refractivity contribution in [2.24, 2.45) is 0 Å². The van der Waals surface area contributed by atoms with E-state index >= 15 is 0 Å². The van der Waals surface area contributed by atoms with Gasteiger partial charge in [0.05, 0.1) is 12.0 Å². The van der Waals surface area contributed by atoms with Crippen LogP contribution in [0, 0.1) is 0 Å². The summed E-state index contributed by atoms with van der Waals surface area (Å²) in [5, 5.41) is 10.7. The second-order valence-corrected chi connectivity index (χ2v) is 8.56. The number of methoxy groups -OCH3 is 1. The number of benzene rings is 3. The Kier molecular flexibility index (Phi) is 7.42. The van der Waals surface area contributed by atoms with E-state index in [2.05, 4.69) is 15.9 Å². The largest absolute Gasteiger partial charge is 0.504 e. The summed E-state index contributed by atoms with van der Waals surface area (Å²) in [6.45, 7) is 0. The van der Waals surface area contributed by atoms with Crippen LogP contribution in [0.3, 0.4) is 0 Å². The van der Waals surface area contributed by atoms with Crippen LogP contribution in [-0.2, 0) is 5.75 Å². The Labute approximate surface area is 187 Å². The van der Waals surface area contributed by atoms with Gasteiger partial charge in [-0.2, -0.15) is 0 Å². The highest BCUT2D eigenvalue weighted by atomic mass is 79.9. The lowest BCUT2D eigenvalue weighted by atomic mass is 10.1. The monoisotopic (exact) mass is 488 g/mol. The lowest BCUT2D eigenvalue weighted by molar-refractivity contribution is 0.104. The summed E-state index contributed by atoms with van der Waals surface area (Å²) in [4.78, 5) is 13.7. The molecule has 0 amide bonds. The molecule has 0 aromatic heterocycles. The van der Waals surface area contributed by atoms with E-state index in [9.17, 15) is 9.90 Å². The van der Waals surface area contributed by atoms with E-state index in [0.29, 0.717) is 32.6 Å². The molecule has 148 valence electrons. The maximum Gasteiger partial charge on any atom is 0.199 e. The van der Waals surface area contributed by atoms with Gasteiger partial charge < -0.3 is 9.84 Å². The van der Waals surface area contributed by atoms with Gasteiger partial charge in [-0.25, -0.2) is 0 Å². The van der Waals surface area contributed by atoms with Crippen LogP contribution < -0.4 is 4.74 Å². The average Bonchev–Trinajstić information content (AvgIpc) is 2.72. The molecule has 0 saturated heterocycles. The molecule has 29 heavy (non-hydrogen) atoms. The minimum atomic E-state index is -0.0771. The third-order valence-corrected chi connectivity index (χ3v) is 6.01. The highest BCUT2D eigenvalue weighted by Crippen LogP contribution is 2.31. The first-order valence-corrected chi connectivity index (χ1v) is 10.9. The van der Waals surface area contributed by atoms with Crippen molar-refractivity contribution >= 4 is 51.2 Å². The van der Waals surface area contributed by atoms with Crippen LogP contribution in [0.15, 0.2) is 76.1 Å². The fourth-order valence-electron chi connectivity index (χ4n) is 2.61. The van der Waals surface area contributed by atoms with Gasteiger partial charge in [-0.1, -0.05) is 45.7 Å². The second-order valence-electron chi connectivity index (χ2n) is 6.19. The van der Waals surface area contributed by atoms with E-state index in [-0.39, 0.29) is 11.5 Å². The number of Topliss-reactive ketones (excluding diaryl/α,β-unsaturated/α-hetero) is 1. The summed E-state index contributed by atoms with van der Waals surface area (Å²) in [5.74, 6) is 0.954. The molecule has 0 heterocycles. The predicted octanol–water partition coefficient (Wildman–Crippen LogP) is 6.97. The Morgan fingerprint density at radius 3 is 2.41 bits per heavy atom. The van der Waals surface area contributed by atoms with Gasteiger partial charge in [0.15, 0.2) is 17.3 Å². The molecule has 3 aromatic rings. The summed E-state index contributed by atoms with van der Waals surface area (Å²) >= 11 is 10.8. The first-order chi connectivity index (χ1) is 14.0. The van der Waals surface area contributed by atoms with Crippen molar-refractivity contribution < 1.29 is 14.6 Å². The smallest absolute Gasteiger partial charge is 0.199 e. The van der Waals surface area contributed by atoms with Gasteiger partial charge >= 0.3 is 0 Å². The molecule has 0 saturated carbocycles. The van der Waals surface area contributed by atoms with Gasteiger partial charge in [0.1, 0.15) is 0 Å². The van der Waals surface area contributed by atoms with Crippen molar-refractivity contribution in [1.29, 1.82) is 0 Å². The van der Waals surface area contributed by atoms with E-state index in [1.807, 2.05) is 36.4 Å². The number of hydrogen-bond acceptors (Lipinski definition) is 4. The van der Waals surface area contributed by atoms with Gasteiger partial charge in [-0.05, 0) is 65.7 Å². The van der Waals surface area contributed by atoms with Crippen LogP contribution in [0.25, 0.3) is 6.08 Å². The normalized spacial score (nSPS) is 11.3. The SMILES string of the molecule is COc1ccc(/C=C(/SCc2ccc(Cl)cc2)C(=O)c2ccc(Br)cc2)cc1O. The number of carbonyl (C=O) groups is 1. The quantitative estimate of drug-likeness (QED) is 0.287. The number of aromatic hydroxyl groups is 1. The van der Waals surface area contributed by atoms with Crippen LogP contribution >= 0.6 is 39.3 Å². The molecule has 0 unspecified atom stereocenters. The van der Waals surface area contributed by atoms with E-state index in [0.717, 1.165) is 10.0 Å². The molecule has 3 rings (SSSR count). The standard InChI is InChI=1S/C23H18BrClO3S/c1-28-21-11-4-16(12-20(21)26)13-22(23(27)17-5-7-18(24)8-6-17)29-14-15-2-9-19(25)10-3-15/h2-13,26H,14H2,1H3/b22-13+. The molecule has 3 aromatic carbocycles. The Hall–Kier alpha value is -2.21. The van der Waals surface area contributed by atoms with Crippen LogP contribution in [-0.4, -0.2) is 18.0 Å². The molecule has 6 heteroatoms. The zero-order chi connectivity index (χ0) is 20.8. The molecule has 1 N–H and O–H groups in total. The third kappa shape index (κ3) is 5.89. The number of ether oxygens (including phenoxy) is 1. The predicted molar refractivity (Wildman–Crippen MR) is 124 cm³/mol. The number of thioether (sulfide) groups is 1. The maximum absolute atomic E-state index is 13.1. The van der Waals surface area contributed by atoms with Crippen LogP contribution in [0.5, 0.6) is 11.5 Å². The number of ketones is 1. The molecular weight excluding hydrogens is 472 g/mol. The Morgan fingerprint density at radius 2 is 1.79 bits per heavy atom. The zero-order valence-electron chi connectivity index (χ0n) is 15.6. The summed E-state index contributed by atoms with van der Waals surface area (Å²) in [5.41, 5.74) is 2.37. The fourth-order valence-corrected chi connectivity index (χ4v) is 3.98. The minimum absolute atomic E-state index is 0.0272. The average molecular weight is 490 g/mol. The van der Waals surface area contributed by atoms with E-state index in [4.69, 9.17) is 16.3 Å². The molecule has 0 aliphatic rings. The molecule has 0 aliphatic heterocycles. The lowest BCUT2D eigenvalue weighted by Gasteiger charge is -2.09. The van der Waals surface area contributed by atoms with Crippen molar-refractivity contribution in [2.45, 2.75) is 5.75 Å². The molecule has 0 bridgehead atoms. The number of halogens is 2. The number of phenolic OH excluding ortho intramolecular Hbond substituents is 1. The fraction of sp³-hybridized carbons (Fsp3) is 0.0870. The highest BCUT2D eigenvalue weighted by Gasteiger charge is 2.14. The molecular formula is C23H18BrClO3S. The molecule has 3 nitrogen and oxygen atoms in total. The molecule has 0 radical (unpaired) electrons. The van der Waals surface area contributed by atoms with Gasteiger partial charge in [0, 0.05) is 20.8 Å². The van der Waals surface area contributed by atoms with Crippen molar-refractivity contribution in [3.8, 4) is 11.5 Å². The van der Waals surface area contributed by atoms with Crippen molar-refractivity contribution in [3.05, 3.63) is 97.8 Å².